The maximum Gasteiger partial charge on any atom is 0.253 e. The number of para-hydroxylation sites is 1. The van der Waals surface area contributed by atoms with Gasteiger partial charge in [0.1, 0.15) is 12.1 Å². The lowest BCUT2D eigenvalue weighted by atomic mass is 10.1. The summed E-state index contributed by atoms with van der Waals surface area (Å²) >= 11 is 6.15. The molecule has 7 nitrogen and oxygen atoms in total. The van der Waals surface area contributed by atoms with Gasteiger partial charge in [-0.25, -0.2) is 9.97 Å². The number of H-pyrrole nitrogens is 1. The highest BCUT2D eigenvalue weighted by atomic mass is 35.5. The normalized spacial score (nSPS) is 12.3. The van der Waals surface area contributed by atoms with Gasteiger partial charge >= 0.3 is 0 Å². The highest BCUT2D eigenvalue weighted by molar-refractivity contribution is 6.35. The Hall–Kier alpha value is -3.19. The van der Waals surface area contributed by atoms with Crippen molar-refractivity contribution in [3.8, 4) is 5.82 Å². The summed E-state index contributed by atoms with van der Waals surface area (Å²) in [6.45, 7) is 3.80. The average Bonchev–Trinajstić information content (AvgIpc) is 3.09. The molecule has 0 aliphatic rings. The number of nitrogens with zero attached hydrogens (tertiary/aromatic N) is 4. The van der Waals surface area contributed by atoms with Crippen LogP contribution in [0.15, 0.2) is 53.8 Å². The SMILES string of the molecule is Cc1cn(-c2ccnc(N[C@@H](C)c3cc4cccc(Cl)c4[nH]c3=O)n2)cn1. The Morgan fingerprint density at radius 3 is 2.89 bits per heavy atom. The number of aromatic amines is 1. The van der Waals surface area contributed by atoms with Crippen LogP contribution in [0.4, 0.5) is 5.95 Å². The second kappa shape index (κ2) is 6.85. The van der Waals surface area contributed by atoms with Crippen LogP contribution in [-0.2, 0) is 0 Å². The summed E-state index contributed by atoms with van der Waals surface area (Å²) in [5.41, 5.74) is 1.92. The molecule has 0 saturated heterocycles. The summed E-state index contributed by atoms with van der Waals surface area (Å²) in [6.07, 6.45) is 5.24. The molecule has 3 heterocycles. The number of hydrogen-bond donors (Lipinski definition) is 2. The van der Waals surface area contributed by atoms with Gasteiger partial charge in [0, 0.05) is 23.3 Å². The lowest BCUT2D eigenvalue weighted by molar-refractivity contribution is 0.838. The molecule has 0 spiro atoms. The Balaban J connectivity index is 1.65. The van der Waals surface area contributed by atoms with Gasteiger partial charge in [0.05, 0.1) is 22.3 Å². The molecule has 0 fully saturated rings. The molecule has 1 aromatic carbocycles. The second-order valence-electron chi connectivity index (χ2n) is 6.28. The lowest BCUT2D eigenvalue weighted by Gasteiger charge is -2.15. The van der Waals surface area contributed by atoms with Crippen molar-refractivity contribution in [2.45, 2.75) is 19.9 Å². The third kappa shape index (κ3) is 3.41. The molecule has 2 N–H and O–H groups in total. The fraction of sp³-hybridized carbons (Fsp3) is 0.158. The van der Waals surface area contributed by atoms with Crippen LogP contribution >= 0.6 is 11.6 Å². The third-order valence-electron chi connectivity index (χ3n) is 4.29. The van der Waals surface area contributed by atoms with Crippen molar-refractivity contribution in [1.82, 2.24) is 24.5 Å². The van der Waals surface area contributed by atoms with E-state index < -0.39 is 0 Å². The van der Waals surface area contributed by atoms with Crippen molar-refractivity contribution in [3.63, 3.8) is 0 Å². The van der Waals surface area contributed by atoms with Gasteiger partial charge in [-0.1, -0.05) is 23.7 Å². The number of fused-ring (bicyclic) bond motifs is 1. The van der Waals surface area contributed by atoms with Gasteiger partial charge in [0.2, 0.25) is 5.95 Å². The molecule has 1 atom stereocenters. The first-order chi connectivity index (χ1) is 13.0. The molecule has 0 aliphatic heterocycles. The van der Waals surface area contributed by atoms with Crippen molar-refractivity contribution in [2.24, 2.45) is 0 Å². The Labute approximate surface area is 160 Å². The van der Waals surface area contributed by atoms with Crippen LogP contribution in [0, 0.1) is 6.92 Å². The van der Waals surface area contributed by atoms with E-state index in [1.807, 2.05) is 42.8 Å². The number of benzene rings is 1. The van der Waals surface area contributed by atoms with E-state index in [0.717, 1.165) is 11.1 Å². The van der Waals surface area contributed by atoms with E-state index >= 15 is 0 Å². The van der Waals surface area contributed by atoms with Crippen LogP contribution in [0.3, 0.4) is 0 Å². The zero-order valence-electron chi connectivity index (χ0n) is 14.8. The van der Waals surface area contributed by atoms with E-state index in [1.165, 1.54) is 0 Å². The minimum Gasteiger partial charge on any atom is -0.347 e. The van der Waals surface area contributed by atoms with Gasteiger partial charge in [0.25, 0.3) is 5.56 Å². The fourth-order valence-electron chi connectivity index (χ4n) is 2.91. The van der Waals surface area contributed by atoms with E-state index in [0.29, 0.717) is 27.9 Å². The first-order valence-corrected chi connectivity index (χ1v) is 8.81. The molecule has 3 aromatic heterocycles. The van der Waals surface area contributed by atoms with Crippen molar-refractivity contribution < 1.29 is 0 Å². The molecule has 0 radical (unpaired) electrons. The molecule has 27 heavy (non-hydrogen) atoms. The molecule has 0 amide bonds. The summed E-state index contributed by atoms with van der Waals surface area (Å²) in [7, 11) is 0. The predicted octanol–water partition coefficient (Wildman–Crippen LogP) is 3.64. The first-order valence-electron chi connectivity index (χ1n) is 8.43. The van der Waals surface area contributed by atoms with Crippen LogP contribution in [0.5, 0.6) is 0 Å². The summed E-state index contributed by atoms with van der Waals surface area (Å²) in [4.78, 5) is 28.3. The van der Waals surface area contributed by atoms with E-state index in [1.54, 1.807) is 24.7 Å². The minimum absolute atomic E-state index is 0.197. The zero-order valence-corrected chi connectivity index (χ0v) is 15.5. The number of anilines is 1. The van der Waals surface area contributed by atoms with Crippen molar-refractivity contribution in [2.75, 3.05) is 5.32 Å². The molecular formula is C19H17ClN6O. The van der Waals surface area contributed by atoms with Crippen LogP contribution in [0.25, 0.3) is 16.7 Å². The molecular weight excluding hydrogens is 364 g/mol. The topological polar surface area (TPSA) is 88.5 Å². The fourth-order valence-corrected chi connectivity index (χ4v) is 3.14. The second-order valence-corrected chi connectivity index (χ2v) is 6.69. The molecule has 0 aliphatic carbocycles. The maximum absolute atomic E-state index is 12.5. The number of pyridine rings is 1. The zero-order chi connectivity index (χ0) is 19.0. The Bertz CT molecular complexity index is 1180. The molecule has 0 unspecified atom stereocenters. The van der Waals surface area contributed by atoms with Crippen LogP contribution in [0.1, 0.15) is 24.2 Å². The minimum atomic E-state index is -0.295. The van der Waals surface area contributed by atoms with Crippen LogP contribution < -0.4 is 10.9 Å². The summed E-state index contributed by atoms with van der Waals surface area (Å²) < 4.78 is 1.82. The van der Waals surface area contributed by atoms with Gasteiger partial charge in [-0.3, -0.25) is 9.36 Å². The Kier molecular flexibility index (Phi) is 4.37. The maximum atomic E-state index is 12.5. The predicted molar refractivity (Wildman–Crippen MR) is 106 cm³/mol. The highest BCUT2D eigenvalue weighted by Crippen LogP contribution is 2.23. The molecule has 8 heteroatoms. The molecule has 0 bridgehead atoms. The summed E-state index contributed by atoms with van der Waals surface area (Å²) in [6, 6.07) is 8.84. The van der Waals surface area contributed by atoms with Crippen molar-refractivity contribution in [3.05, 3.63) is 75.7 Å². The van der Waals surface area contributed by atoms with Gasteiger partial charge in [-0.15, -0.1) is 0 Å². The summed E-state index contributed by atoms with van der Waals surface area (Å²) in [5, 5.41) is 4.57. The van der Waals surface area contributed by atoms with E-state index in [4.69, 9.17) is 11.6 Å². The van der Waals surface area contributed by atoms with E-state index in [9.17, 15) is 4.79 Å². The Morgan fingerprint density at radius 1 is 1.26 bits per heavy atom. The molecule has 4 aromatic rings. The third-order valence-corrected chi connectivity index (χ3v) is 4.60. The number of imidazole rings is 1. The number of aryl methyl sites for hydroxylation is 1. The number of halogens is 1. The van der Waals surface area contributed by atoms with Gasteiger partial charge in [-0.05, 0) is 32.0 Å². The molecule has 4 rings (SSSR count). The number of aromatic nitrogens is 5. The lowest BCUT2D eigenvalue weighted by Crippen LogP contribution is -2.20. The van der Waals surface area contributed by atoms with Crippen molar-refractivity contribution >= 4 is 28.5 Å². The van der Waals surface area contributed by atoms with Crippen LogP contribution in [0.2, 0.25) is 5.02 Å². The first kappa shape index (κ1) is 17.2. The van der Waals surface area contributed by atoms with Gasteiger partial charge in [-0.2, -0.15) is 4.98 Å². The number of nitrogens with one attached hydrogen (secondary N) is 2. The monoisotopic (exact) mass is 380 g/mol. The van der Waals surface area contributed by atoms with Gasteiger partial charge < -0.3 is 10.3 Å². The summed E-state index contributed by atoms with van der Waals surface area (Å²) in [5.74, 6) is 1.12. The average molecular weight is 381 g/mol. The molecule has 136 valence electrons. The smallest absolute Gasteiger partial charge is 0.253 e. The quantitative estimate of drug-likeness (QED) is 0.564. The standard InChI is InChI=1S/C19H17ClN6O/c1-11-9-26(10-22-11)16-6-7-21-19(24-16)23-12(2)14-8-13-4-3-5-15(20)17(13)25-18(14)27/h3-10,12H,1-2H3,(H,25,27)(H,21,23,24)/t12-/m0/s1. The Morgan fingerprint density at radius 2 is 2.11 bits per heavy atom. The van der Waals surface area contributed by atoms with Crippen LogP contribution in [-0.4, -0.2) is 24.5 Å². The van der Waals surface area contributed by atoms with Crippen molar-refractivity contribution in [1.29, 1.82) is 0 Å². The van der Waals surface area contributed by atoms with E-state index in [-0.39, 0.29) is 11.6 Å². The number of hydrogen-bond acceptors (Lipinski definition) is 5. The van der Waals surface area contributed by atoms with Gasteiger partial charge in [0.15, 0.2) is 0 Å². The highest BCUT2D eigenvalue weighted by Gasteiger charge is 2.14. The largest absolute Gasteiger partial charge is 0.347 e. The van der Waals surface area contributed by atoms with E-state index in [2.05, 4.69) is 25.3 Å². The number of rotatable bonds is 4. The molecule has 0 saturated carbocycles.